The number of nitrogens with zero attached hydrogens (tertiary/aromatic N) is 2. The molecule has 0 saturated heterocycles. The van der Waals surface area contributed by atoms with Crippen LogP contribution in [0.2, 0.25) is 0 Å². The van der Waals surface area contributed by atoms with Gasteiger partial charge in [0.25, 0.3) is 5.56 Å². The fourth-order valence-electron chi connectivity index (χ4n) is 4.61. The Labute approximate surface area is 153 Å². The molecule has 5 heteroatoms. The second-order valence-electron chi connectivity index (χ2n) is 6.95. The van der Waals surface area contributed by atoms with Crippen LogP contribution >= 0.6 is 12.2 Å². The third-order valence-corrected chi connectivity index (χ3v) is 6.23. The molecule has 0 N–H and O–H groups in total. The van der Waals surface area contributed by atoms with Crippen LogP contribution in [0.1, 0.15) is 56.6 Å². The summed E-state index contributed by atoms with van der Waals surface area (Å²) in [5, 5.41) is 0. The van der Waals surface area contributed by atoms with Crippen LogP contribution in [0.25, 0.3) is 0 Å². The van der Waals surface area contributed by atoms with Crippen LogP contribution in [0.3, 0.4) is 0 Å². The first-order valence-electron chi connectivity index (χ1n) is 9.26. The van der Waals surface area contributed by atoms with E-state index >= 15 is 0 Å². The molecule has 1 aromatic heterocycles. The lowest BCUT2D eigenvalue weighted by molar-refractivity contribution is 0.0256. The van der Waals surface area contributed by atoms with Crippen molar-refractivity contribution in [1.82, 2.24) is 9.13 Å². The zero-order valence-electron chi connectivity index (χ0n) is 14.8. The van der Waals surface area contributed by atoms with Gasteiger partial charge in [0, 0.05) is 19.0 Å². The molecule has 0 radical (unpaired) electrons. The van der Waals surface area contributed by atoms with E-state index < -0.39 is 5.60 Å². The van der Waals surface area contributed by atoms with E-state index in [1.165, 1.54) is 5.56 Å². The van der Waals surface area contributed by atoms with E-state index in [2.05, 4.69) is 31.2 Å². The van der Waals surface area contributed by atoms with Crippen molar-refractivity contribution in [2.45, 2.75) is 64.1 Å². The van der Waals surface area contributed by atoms with E-state index in [4.69, 9.17) is 17.0 Å². The summed E-state index contributed by atoms with van der Waals surface area (Å²) >= 11 is 5.58. The average Bonchev–Trinajstić information content (AvgIpc) is 2.99. The Morgan fingerprint density at radius 1 is 1.16 bits per heavy atom. The number of hydrogen-bond acceptors (Lipinski definition) is 3. The predicted octanol–water partition coefficient (Wildman–Crippen LogP) is 4.36. The van der Waals surface area contributed by atoms with E-state index in [9.17, 15) is 4.79 Å². The Kier molecular flexibility index (Phi) is 4.07. The lowest BCUT2D eigenvalue weighted by Crippen LogP contribution is -2.39. The van der Waals surface area contributed by atoms with E-state index in [0.717, 1.165) is 31.2 Å². The summed E-state index contributed by atoms with van der Waals surface area (Å²) in [7, 11) is 0. The van der Waals surface area contributed by atoms with Crippen molar-refractivity contribution in [3.63, 3.8) is 0 Å². The van der Waals surface area contributed by atoms with Gasteiger partial charge in [0.1, 0.15) is 5.60 Å². The summed E-state index contributed by atoms with van der Waals surface area (Å²) in [5.74, 6) is 0.815. The van der Waals surface area contributed by atoms with Gasteiger partial charge in [-0.05, 0) is 50.9 Å². The van der Waals surface area contributed by atoms with E-state index in [1.54, 1.807) is 4.57 Å². The minimum Gasteiger partial charge on any atom is -0.466 e. The molecule has 1 saturated carbocycles. The molecule has 1 aliphatic heterocycles. The zero-order valence-corrected chi connectivity index (χ0v) is 15.6. The highest BCUT2D eigenvalue weighted by molar-refractivity contribution is 7.71. The maximum Gasteiger partial charge on any atom is 0.261 e. The molecule has 2 heterocycles. The maximum absolute atomic E-state index is 13.2. The topological polar surface area (TPSA) is 36.2 Å². The molecule has 2 aliphatic rings. The number of fused-ring (bicyclic) bond motifs is 3. The van der Waals surface area contributed by atoms with Crippen molar-refractivity contribution in [2.24, 2.45) is 0 Å². The highest BCUT2D eigenvalue weighted by Gasteiger charge is 2.53. The van der Waals surface area contributed by atoms with Gasteiger partial charge < -0.3 is 4.74 Å². The second-order valence-corrected chi connectivity index (χ2v) is 7.32. The molecule has 1 fully saturated rings. The van der Waals surface area contributed by atoms with Crippen LogP contribution in [0.4, 0.5) is 0 Å². The monoisotopic (exact) mass is 356 g/mol. The molecule has 0 bridgehead atoms. The van der Waals surface area contributed by atoms with Crippen LogP contribution in [-0.4, -0.2) is 9.13 Å². The van der Waals surface area contributed by atoms with E-state index in [-0.39, 0.29) is 11.5 Å². The maximum atomic E-state index is 13.2. The summed E-state index contributed by atoms with van der Waals surface area (Å²) in [6.07, 6.45) is 4.18. The molecular formula is C20H24N2O2S. The Hall–Kier alpha value is -1.88. The first-order valence-corrected chi connectivity index (χ1v) is 9.67. The van der Waals surface area contributed by atoms with E-state index in [0.29, 0.717) is 23.7 Å². The van der Waals surface area contributed by atoms with Crippen molar-refractivity contribution in [3.05, 3.63) is 56.6 Å². The first kappa shape index (κ1) is 16.6. The molecular weight excluding hydrogens is 332 g/mol. The molecule has 1 aliphatic carbocycles. The van der Waals surface area contributed by atoms with Gasteiger partial charge in [0.15, 0.2) is 4.77 Å². The number of benzene rings is 1. The smallest absolute Gasteiger partial charge is 0.261 e. The number of rotatable bonds is 3. The van der Waals surface area contributed by atoms with Gasteiger partial charge in [-0.15, -0.1) is 0 Å². The Morgan fingerprint density at radius 2 is 1.88 bits per heavy atom. The lowest BCUT2D eigenvalue weighted by Gasteiger charge is -2.38. The molecule has 132 valence electrons. The quantitative estimate of drug-likeness (QED) is 0.767. The summed E-state index contributed by atoms with van der Waals surface area (Å²) < 4.78 is 10.9. The normalized spacial score (nSPS) is 24.5. The van der Waals surface area contributed by atoms with Crippen molar-refractivity contribution in [3.8, 4) is 5.88 Å². The van der Waals surface area contributed by atoms with Gasteiger partial charge in [0.2, 0.25) is 5.88 Å². The molecule has 4 rings (SSSR count). The molecule has 0 amide bonds. The highest BCUT2D eigenvalue weighted by Crippen LogP contribution is 2.56. The van der Waals surface area contributed by atoms with Crippen molar-refractivity contribution < 1.29 is 4.74 Å². The standard InChI is InChI=1S/C20H24N2O2S/c1-3-21-17(23)16-15-12-8-9-13-20(15,14-10-6-5-7-11-14)24-18(16)22(4-2)19(21)25/h5-7,10-11,15H,3-4,8-9,12-13H2,1-2H3/t15-,20+/m0/s1. The van der Waals surface area contributed by atoms with Crippen LogP contribution in [0, 0.1) is 4.77 Å². The Bertz CT molecular complexity index is 916. The van der Waals surface area contributed by atoms with Crippen LogP contribution in [0.15, 0.2) is 35.1 Å². The molecule has 25 heavy (non-hydrogen) atoms. The SMILES string of the molecule is CCn1c2c(c(=O)n(CC)c1=S)[C@@H]1CCCC[C@]1(c1ccccc1)O2. The zero-order chi connectivity index (χ0) is 17.6. The summed E-state index contributed by atoms with van der Waals surface area (Å²) in [6.45, 7) is 5.33. The average molecular weight is 356 g/mol. The molecule has 2 atom stereocenters. The molecule has 0 spiro atoms. The summed E-state index contributed by atoms with van der Waals surface area (Å²) in [4.78, 5) is 13.2. The van der Waals surface area contributed by atoms with Gasteiger partial charge in [-0.3, -0.25) is 13.9 Å². The minimum absolute atomic E-state index is 0.0388. The van der Waals surface area contributed by atoms with Gasteiger partial charge in [-0.1, -0.05) is 36.8 Å². The van der Waals surface area contributed by atoms with Crippen LogP contribution < -0.4 is 10.3 Å². The predicted molar refractivity (Wildman–Crippen MR) is 101 cm³/mol. The van der Waals surface area contributed by atoms with Crippen molar-refractivity contribution in [1.29, 1.82) is 0 Å². The number of ether oxygens (including phenoxy) is 1. The van der Waals surface area contributed by atoms with E-state index in [1.807, 2.05) is 17.6 Å². The summed E-state index contributed by atoms with van der Waals surface area (Å²) in [5.41, 5.74) is 1.62. The molecule has 4 nitrogen and oxygen atoms in total. The number of aromatic nitrogens is 2. The van der Waals surface area contributed by atoms with Crippen LogP contribution in [0.5, 0.6) is 5.88 Å². The first-order chi connectivity index (χ1) is 12.1. The third-order valence-electron chi connectivity index (χ3n) is 5.79. The van der Waals surface area contributed by atoms with Crippen molar-refractivity contribution in [2.75, 3.05) is 0 Å². The summed E-state index contributed by atoms with van der Waals surface area (Å²) in [6, 6.07) is 10.4. The van der Waals surface area contributed by atoms with Gasteiger partial charge in [-0.25, -0.2) is 0 Å². The van der Waals surface area contributed by atoms with Crippen LogP contribution in [-0.2, 0) is 18.7 Å². The van der Waals surface area contributed by atoms with Gasteiger partial charge >= 0.3 is 0 Å². The second kappa shape index (κ2) is 6.13. The van der Waals surface area contributed by atoms with Crippen molar-refractivity contribution >= 4 is 12.2 Å². The third kappa shape index (κ3) is 2.25. The highest BCUT2D eigenvalue weighted by atomic mass is 32.1. The largest absolute Gasteiger partial charge is 0.466 e. The lowest BCUT2D eigenvalue weighted by atomic mass is 9.70. The van der Waals surface area contributed by atoms with Gasteiger partial charge in [0.05, 0.1) is 5.56 Å². The number of hydrogen-bond donors (Lipinski definition) is 0. The van der Waals surface area contributed by atoms with Gasteiger partial charge in [-0.2, -0.15) is 0 Å². The molecule has 1 aromatic carbocycles. The Morgan fingerprint density at radius 3 is 2.56 bits per heavy atom. The fraction of sp³-hybridized carbons (Fsp3) is 0.500. The minimum atomic E-state index is -0.424. The molecule has 2 aromatic rings. The Balaban J connectivity index is 2.01. The fourth-order valence-corrected chi connectivity index (χ4v) is 5.03. The molecule has 0 unspecified atom stereocenters.